The maximum absolute atomic E-state index is 3.70. The Labute approximate surface area is 145 Å². The second-order valence-corrected chi connectivity index (χ2v) is 12.4. The van der Waals surface area contributed by atoms with Crippen LogP contribution in [-0.2, 0) is 0 Å². The molecule has 3 unspecified atom stereocenters. The molecule has 0 heterocycles. The van der Waals surface area contributed by atoms with Crippen LogP contribution in [0.2, 0.25) is 0 Å². The minimum atomic E-state index is 0.554. The van der Waals surface area contributed by atoms with E-state index in [1.165, 1.54) is 11.5 Å². The van der Waals surface area contributed by atoms with Crippen molar-refractivity contribution in [1.82, 2.24) is 0 Å². The van der Waals surface area contributed by atoms with Crippen molar-refractivity contribution in [2.45, 2.75) is 20.1 Å². The molecule has 0 amide bonds. The van der Waals surface area contributed by atoms with Crippen LogP contribution in [0.15, 0.2) is 0 Å². The third-order valence-electron chi connectivity index (χ3n) is 1.39. The number of hydrogen-bond acceptors (Lipinski definition) is 3. The van der Waals surface area contributed by atoms with E-state index >= 15 is 0 Å². The first-order valence-electron chi connectivity index (χ1n) is 4.85. The molecule has 0 radical (unpaired) electrons. The van der Waals surface area contributed by atoms with E-state index in [-0.39, 0.29) is 0 Å². The molecule has 0 rings (SSSR count). The van der Waals surface area contributed by atoms with Crippen molar-refractivity contribution in [2.24, 2.45) is 0 Å². The molecule has 0 N–H and O–H groups in total. The quantitative estimate of drug-likeness (QED) is 0.254. The molecule has 0 aromatic carbocycles. The fourth-order valence-corrected chi connectivity index (χ4v) is 6.41. The highest BCUT2D eigenvalue weighted by Gasteiger charge is 2.10. The van der Waals surface area contributed by atoms with Gasteiger partial charge in [0.1, 0.15) is 0 Å². The predicted octanol–water partition coefficient (Wildman–Crippen LogP) is 5.81. The molecule has 0 nitrogen and oxygen atoms in total. The van der Waals surface area contributed by atoms with E-state index in [0.717, 1.165) is 16.8 Å². The molecule has 0 spiro atoms. The lowest BCUT2D eigenvalue weighted by molar-refractivity contribution is 1.15. The fraction of sp³-hybridized carbons (Fsp3) is 1.00. The van der Waals surface area contributed by atoms with E-state index in [9.17, 15) is 0 Å². The molecule has 0 aliphatic heterocycles. The van der Waals surface area contributed by atoms with Crippen molar-refractivity contribution in [3.8, 4) is 0 Å². The number of thioether (sulfide) groups is 3. The van der Waals surface area contributed by atoms with E-state index in [0.29, 0.717) is 13.1 Å². The molecule has 0 saturated carbocycles. The van der Waals surface area contributed by atoms with Crippen LogP contribution >= 0.6 is 99.0 Å². The summed E-state index contributed by atoms with van der Waals surface area (Å²) in [6.45, 7) is 2.18. The van der Waals surface area contributed by atoms with E-state index < -0.39 is 0 Å². The van der Waals surface area contributed by atoms with E-state index in [2.05, 4.69) is 70.6 Å². The first kappa shape index (κ1) is 19.0. The van der Waals surface area contributed by atoms with Crippen molar-refractivity contribution < 1.29 is 0 Å². The minimum absolute atomic E-state index is 0.554. The van der Waals surface area contributed by atoms with Gasteiger partial charge in [-0.25, -0.2) is 0 Å². The Morgan fingerprint density at radius 3 is 2.06 bits per heavy atom. The van der Waals surface area contributed by atoms with Crippen LogP contribution in [0.4, 0.5) is 0 Å². The van der Waals surface area contributed by atoms with Gasteiger partial charge in [0, 0.05) is 33.2 Å². The summed E-state index contributed by atoms with van der Waals surface area (Å²) in [6, 6.07) is 0. The van der Waals surface area contributed by atoms with Gasteiger partial charge in [-0.2, -0.15) is 11.8 Å². The zero-order chi connectivity index (χ0) is 12.4. The highest BCUT2D eigenvalue weighted by atomic mass is 79.9. The third kappa shape index (κ3) is 13.4. The zero-order valence-corrected chi connectivity index (χ0v) is 17.8. The molecular formula is C9H16Br4S3. The van der Waals surface area contributed by atoms with Gasteiger partial charge in [0.25, 0.3) is 0 Å². The lowest BCUT2D eigenvalue weighted by atomic mass is 10.6. The summed E-state index contributed by atoms with van der Waals surface area (Å²) in [5.41, 5.74) is 0. The molecule has 0 aromatic rings. The molecule has 0 saturated heterocycles. The second kappa shape index (κ2) is 13.0. The molecular weight excluding hydrogens is 524 g/mol. The van der Waals surface area contributed by atoms with Crippen LogP contribution in [-0.4, -0.2) is 41.5 Å². The Balaban J connectivity index is 3.39. The topological polar surface area (TPSA) is 0 Å². The van der Waals surface area contributed by atoms with Crippen molar-refractivity contribution in [3.63, 3.8) is 0 Å². The normalized spacial score (nSPS) is 17.1. The molecule has 0 fully saturated rings. The van der Waals surface area contributed by atoms with Gasteiger partial charge in [-0.3, -0.25) is 0 Å². The van der Waals surface area contributed by atoms with Crippen LogP contribution in [0.1, 0.15) is 6.92 Å². The highest BCUT2D eigenvalue weighted by Crippen LogP contribution is 2.29. The molecule has 16 heavy (non-hydrogen) atoms. The number of rotatable bonds is 10. The van der Waals surface area contributed by atoms with Gasteiger partial charge >= 0.3 is 0 Å². The molecule has 0 aliphatic carbocycles. The Morgan fingerprint density at radius 1 is 0.938 bits per heavy atom. The standard InChI is InChI=1S/C9H16Br4S3/c1-7(11)4-15-9(13)6-16-8(12)5-14-3-2-10/h7-9H,2-6H2,1H3. The minimum Gasteiger partial charge on any atom is -0.159 e. The van der Waals surface area contributed by atoms with Crippen molar-refractivity contribution in [2.75, 3.05) is 28.3 Å². The van der Waals surface area contributed by atoms with Crippen LogP contribution in [0, 0.1) is 0 Å². The van der Waals surface area contributed by atoms with Gasteiger partial charge < -0.3 is 0 Å². The van der Waals surface area contributed by atoms with Crippen LogP contribution in [0.3, 0.4) is 0 Å². The summed E-state index contributed by atoms with van der Waals surface area (Å²) in [5, 5.41) is 1.09. The van der Waals surface area contributed by atoms with Crippen molar-refractivity contribution in [1.29, 1.82) is 0 Å². The van der Waals surface area contributed by atoms with Gasteiger partial charge in [-0.05, 0) is 0 Å². The van der Waals surface area contributed by atoms with Gasteiger partial charge in [-0.15, -0.1) is 23.5 Å². The van der Waals surface area contributed by atoms with Crippen LogP contribution in [0.5, 0.6) is 0 Å². The first-order valence-corrected chi connectivity index (χ1v) is 12.0. The second-order valence-electron chi connectivity index (χ2n) is 3.03. The van der Waals surface area contributed by atoms with Gasteiger partial charge in [0.05, 0.1) is 8.32 Å². The van der Waals surface area contributed by atoms with E-state index in [1.54, 1.807) is 0 Å². The summed E-state index contributed by atoms with van der Waals surface area (Å²) in [5.74, 6) is 4.67. The third-order valence-corrected chi connectivity index (χ3v) is 9.91. The largest absolute Gasteiger partial charge is 0.159 e. The Bertz CT molecular complexity index is 160. The maximum atomic E-state index is 3.70. The van der Waals surface area contributed by atoms with Crippen LogP contribution < -0.4 is 0 Å². The average molecular weight is 540 g/mol. The lowest BCUT2D eigenvalue weighted by Gasteiger charge is -2.13. The van der Waals surface area contributed by atoms with Crippen molar-refractivity contribution >= 4 is 99.0 Å². The summed E-state index contributed by atoms with van der Waals surface area (Å²) in [7, 11) is 0. The molecule has 98 valence electrons. The Hall–Kier alpha value is 2.97. The van der Waals surface area contributed by atoms with Crippen LogP contribution in [0.25, 0.3) is 0 Å². The van der Waals surface area contributed by atoms with Crippen molar-refractivity contribution in [3.05, 3.63) is 0 Å². The summed E-state index contributed by atoms with van der Waals surface area (Å²) in [4.78, 5) is 0.594. The molecule has 0 bridgehead atoms. The summed E-state index contributed by atoms with van der Waals surface area (Å²) >= 11 is 20.3. The van der Waals surface area contributed by atoms with E-state index in [4.69, 9.17) is 0 Å². The lowest BCUT2D eigenvalue weighted by Crippen LogP contribution is -2.06. The average Bonchev–Trinajstić information content (AvgIpc) is 2.24. The molecule has 3 atom stereocenters. The van der Waals surface area contributed by atoms with Gasteiger partial charge in [-0.1, -0.05) is 70.6 Å². The smallest absolute Gasteiger partial charge is 0.0691 e. The molecule has 0 aliphatic rings. The number of alkyl halides is 4. The summed E-state index contributed by atoms with van der Waals surface area (Å²) in [6.07, 6.45) is 0. The first-order chi connectivity index (χ1) is 7.56. The predicted molar refractivity (Wildman–Crippen MR) is 99.9 cm³/mol. The summed E-state index contributed by atoms with van der Waals surface area (Å²) < 4.78 is 1.12. The van der Waals surface area contributed by atoms with Gasteiger partial charge in [0.15, 0.2) is 0 Å². The maximum Gasteiger partial charge on any atom is 0.0691 e. The highest BCUT2D eigenvalue weighted by molar-refractivity contribution is 9.12. The van der Waals surface area contributed by atoms with Gasteiger partial charge in [0.2, 0.25) is 0 Å². The fourth-order valence-electron chi connectivity index (χ4n) is 0.744. The number of halogens is 4. The SMILES string of the molecule is CC(Br)CSC(Br)CSC(Br)CSCCBr. The molecule has 0 aromatic heterocycles. The number of hydrogen-bond donors (Lipinski definition) is 0. The van der Waals surface area contributed by atoms with E-state index in [1.807, 2.05) is 35.3 Å². The Kier molecular flexibility index (Phi) is 15.4. The zero-order valence-electron chi connectivity index (χ0n) is 9.00. The Morgan fingerprint density at radius 2 is 1.50 bits per heavy atom. The molecule has 7 heteroatoms. The monoisotopic (exact) mass is 536 g/mol.